The van der Waals surface area contributed by atoms with Gasteiger partial charge in [0.1, 0.15) is 0 Å². The third-order valence-corrected chi connectivity index (χ3v) is 4.66. The Labute approximate surface area is 151 Å². The molecule has 1 aliphatic heterocycles. The number of nitro groups is 1. The van der Waals surface area contributed by atoms with Gasteiger partial charge in [0.05, 0.1) is 11.0 Å². The number of likely N-dealkylation sites (tertiary alicyclic amines) is 1. The number of aromatic hydroxyl groups is 1. The molecule has 1 atom stereocenters. The number of nitro benzene ring substituents is 1. The van der Waals surface area contributed by atoms with E-state index in [1.54, 1.807) is 0 Å². The first-order valence-corrected chi connectivity index (χ1v) is 8.61. The molecule has 136 valence electrons. The molecule has 0 bridgehead atoms. The van der Waals surface area contributed by atoms with Crippen molar-refractivity contribution in [1.82, 2.24) is 10.2 Å². The topological polar surface area (TPSA) is 95.7 Å². The van der Waals surface area contributed by atoms with Crippen molar-refractivity contribution in [2.75, 3.05) is 19.6 Å². The van der Waals surface area contributed by atoms with Crippen LogP contribution in [0.5, 0.6) is 5.75 Å². The van der Waals surface area contributed by atoms with E-state index in [9.17, 15) is 20.0 Å². The number of nitrogens with zero attached hydrogens (tertiary/aromatic N) is 2. The first-order chi connectivity index (χ1) is 12.6. The molecule has 7 heteroatoms. The fourth-order valence-corrected chi connectivity index (χ4v) is 3.30. The smallest absolute Gasteiger partial charge is 0.310 e. The van der Waals surface area contributed by atoms with E-state index in [2.05, 4.69) is 10.2 Å². The molecule has 26 heavy (non-hydrogen) atoms. The van der Waals surface area contributed by atoms with Crippen LogP contribution in [-0.2, 0) is 0 Å². The molecule has 1 saturated heterocycles. The maximum atomic E-state index is 12.4. The van der Waals surface area contributed by atoms with Crippen LogP contribution in [0.1, 0.15) is 34.8 Å². The van der Waals surface area contributed by atoms with Gasteiger partial charge in [-0.05, 0) is 43.6 Å². The Balaban J connectivity index is 1.71. The van der Waals surface area contributed by atoms with Crippen LogP contribution in [0.3, 0.4) is 0 Å². The van der Waals surface area contributed by atoms with Gasteiger partial charge in [-0.25, -0.2) is 0 Å². The summed E-state index contributed by atoms with van der Waals surface area (Å²) in [5.41, 5.74) is 0.920. The average molecular weight is 355 g/mol. The second-order valence-corrected chi connectivity index (χ2v) is 6.34. The Bertz CT molecular complexity index is 789. The van der Waals surface area contributed by atoms with E-state index in [1.807, 2.05) is 30.3 Å². The van der Waals surface area contributed by atoms with E-state index >= 15 is 0 Å². The van der Waals surface area contributed by atoms with Crippen molar-refractivity contribution in [3.05, 3.63) is 69.8 Å². The fourth-order valence-electron chi connectivity index (χ4n) is 3.30. The summed E-state index contributed by atoms with van der Waals surface area (Å²) in [6.07, 6.45) is 2.29. The van der Waals surface area contributed by atoms with Crippen LogP contribution >= 0.6 is 0 Å². The van der Waals surface area contributed by atoms with Crippen LogP contribution in [-0.4, -0.2) is 40.5 Å². The van der Waals surface area contributed by atoms with Gasteiger partial charge in [-0.2, -0.15) is 0 Å². The molecule has 1 heterocycles. The molecule has 0 spiro atoms. The molecule has 1 unspecified atom stereocenters. The Kier molecular flexibility index (Phi) is 5.48. The largest absolute Gasteiger partial charge is 0.502 e. The van der Waals surface area contributed by atoms with Crippen LogP contribution in [0.25, 0.3) is 0 Å². The molecular formula is C19H21N3O4. The Morgan fingerprint density at radius 3 is 2.50 bits per heavy atom. The number of hydrogen-bond donors (Lipinski definition) is 2. The Hall–Kier alpha value is -2.93. The maximum Gasteiger partial charge on any atom is 0.310 e. The van der Waals surface area contributed by atoms with Gasteiger partial charge >= 0.3 is 5.69 Å². The first-order valence-electron chi connectivity index (χ1n) is 8.61. The van der Waals surface area contributed by atoms with Gasteiger partial charge in [0.25, 0.3) is 5.91 Å². The van der Waals surface area contributed by atoms with Crippen molar-refractivity contribution < 1.29 is 14.8 Å². The summed E-state index contributed by atoms with van der Waals surface area (Å²) >= 11 is 0. The van der Waals surface area contributed by atoms with E-state index in [1.165, 1.54) is 6.07 Å². The quantitative estimate of drug-likeness (QED) is 0.614. The summed E-state index contributed by atoms with van der Waals surface area (Å²) < 4.78 is 0. The zero-order valence-electron chi connectivity index (χ0n) is 14.3. The van der Waals surface area contributed by atoms with Gasteiger partial charge in [0, 0.05) is 18.2 Å². The first kappa shape index (κ1) is 17.9. The Morgan fingerprint density at radius 2 is 1.88 bits per heavy atom. The SMILES string of the molecule is O=C(NCC(c1ccccc1)N1CCCC1)c1ccc([N+](=O)[O-])c(O)c1. The van der Waals surface area contributed by atoms with Crippen LogP contribution in [0, 0.1) is 10.1 Å². The van der Waals surface area contributed by atoms with E-state index in [-0.39, 0.29) is 17.5 Å². The molecule has 2 N–H and O–H groups in total. The number of rotatable bonds is 6. The average Bonchev–Trinajstić information content (AvgIpc) is 3.16. The normalized spacial score (nSPS) is 15.5. The lowest BCUT2D eigenvalue weighted by atomic mass is 10.1. The van der Waals surface area contributed by atoms with Gasteiger partial charge in [-0.15, -0.1) is 0 Å². The predicted octanol–water partition coefficient (Wildman–Crippen LogP) is 2.87. The molecule has 2 aromatic carbocycles. The molecule has 0 saturated carbocycles. The molecule has 1 fully saturated rings. The van der Waals surface area contributed by atoms with Crippen molar-refractivity contribution in [3.63, 3.8) is 0 Å². The number of carbonyl (C=O) groups excluding carboxylic acids is 1. The molecule has 0 aliphatic carbocycles. The van der Waals surface area contributed by atoms with Crippen LogP contribution in [0.15, 0.2) is 48.5 Å². The molecule has 1 aliphatic rings. The number of carbonyl (C=O) groups is 1. The van der Waals surface area contributed by atoms with Gasteiger partial charge in [-0.3, -0.25) is 19.8 Å². The molecule has 2 aromatic rings. The third-order valence-electron chi connectivity index (χ3n) is 4.66. The monoisotopic (exact) mass is 355 g/mol. The Morgan fingerprint density at radius 1 is 1.19 bits per heavy atom. The minimum absolute atomic E-state index is 0.0781. The van der Waals surface area contributed by atoms with E-state index < -0.39 is 16.4 Å². The highest BCUT2D eigenvalue weighted by molar-refractivity contribution is 5.95. The number of phenolic OH excluding ortho intramolecular Hbond substituents is 1. The van der Waals surface area contributed by atoms with Crippen molar-refractivity contribution in [3.8, 4) is 5.75 Å². The van der Waals surface area contributed by atoms with Crippen molar-refractivity contribution in [1.29, 1.82) is 0 Å². The minimum Gasteiger partial charge on any atom is -0.502 e. The molecule has 3 rings (SSSR count). The third kappa shape index (κ3) is 4.00. The van der Waals surface area contributed by atoms with E-state index in [0.717, 1.165) is 43.6 Å². The minimum atomic E-state index is -0.685. The summed E-state index contributed by atoms with van der Waals surface area (Å²) in [7, 11) is 0. The molecule has 7 nitrogen and oxygen atoms in total. The summed E-state index contributed by atoms with van der Waals surface area (Å²) in [6.45, 7) is 2.42. The van der Waals surface area contributed by atoms with E-state index in [0.29, 0.717) is 6.54 Å². The summed E-state index contributed by atoms with van der Waals surface area (Å²) in [6, 6.07) is 13.7. The number of amides is 1. The van der Waals surface area contributed by atoms with E-state index in [4.69, 9.17) is 0 Å². The highest BCUT2D eigenvalue weighted by atomic mass is 16.6. The standard InChI is InChI=1S/C19H21N3O4/c23-18-12-15(8-9-16(18)22(25)26)19(24)20-13-17(21-10-4-5-11-21)14-6-2-1-3-7-14/h1-3,6-9,12,17,23H,4-5,10-11,13H2,(H,20,24). The lowest BCUT2D eigenvalue weighted by Gasteiger charge is -2.28. The van der Waals surface area contributed by atoms with Gasteiger partial charge < -0.3 is 10.4 Å². The van der Waals surface area contributed by atoms with Gasteiger partial charge in [0.2, 0.25) is 0 Å². The maximum absolute atomic E-state index is 12.4. The van der Waals surface area contributed by atoms with Crippen molar-refractivity contribution >= 4 is 11.6 Å². The van der Waals surface area contributed by atoms with Crippen molar-refractivity contribution in [2.24, 2.45) is 0 Å². The second-order valence-electron chi connectivity index (χ2n) is 6.34. The lowest BCUT2D eigenvalue weighted by molar-refractivity contribution is -0.385. The molecule has 0 aromatic heterocycles. The summed E-state index contributed by atoms with van der Waals surface area (Å²) in [4.78, 5) is 24.8. The fraction of sp³-hybridized carbons (Fsp3) is 0.316. The number of nitrogens with one attached hydrogen (secondary N) is 1. The lowest BCUT2D eigenvalue weighted by Crippen LogP contribution is -2.36. The zero-order valence-corrected chi connectivity index (χ0v) is 14.3. The van der Waals surface area contributed by atoms with Crippen LogP contribution < -0.4 is 5.32 Å². The van der Waals surface area contributed by atoms with Crippen molar-refractivity contribution in [2.45, 2.75) is 18.9 Å². The summed E-state index contributed by atoms with van der Waals surface area (Å²) in [5, 5.41) is 23.4. The van der Waals surface area contributed by atoms with Crippen LogP contribution in [0.4, 0.5) is 5.69 Å². The van der Waals surface area contributed by atoms with Crippen LogP contribution in [0.2, 0.25) is 0 Å². The summed E-state index contributed by atoms with van der Waals surface area (Å²) in [5.74, 6) is -0.878. The predicted molar refractivity (Wildman–Crippen MR) is 97.1 cm³/mol. The number of hydrogen-bond acceptors (Lipinski definition) is 5. The molecular weight excluding hydrogens is 334 g/mol. The second kappa shape index (κ2) is 7.97. The van der Waals surface area contributed by atoms with Gasteiger partial charge in [-0.1, -0.05) is 30.3 Å². The molecule has 1 amide bonds. The molecule has 0 radical (unpaired) electrons. The number of benzene rings is 2. The highest BCUT2D eigenvalue weighted by Crippen LogP contribution is 2.27. The zero-order chi connectivity index (χ0) is 18.5. The van der Waals surface area contributed by atoms with Gasteiger partial charge in [0.15, 0.2) is 5.75 Å². The highest BCUT2D eigenvalue weighted by Gasteiger charge is 2.24. The number of phenols is 1.